The highest BCUT2D eigenvalue weighted by molar-refractivity contribution is 5.50. The van der Waals surface area contributed by atoms with Gasteiger partial charge in [0.05, 0.1) is 32.5 Å². The zero-order valence-corrected chi connectivity index (χ0v) is 20.5. The van der Waals surface area contributed by atoms with E-state index in [4.69, 9.17) is 18.9 Å². The predicted octanol–water partition coefficient (Wildman–Crippen LogP) is 2.59. The highest BCUT2D eigenvalue weighted by Gasteiger charge is 2.40. The number of hydrogen-bond donors (Lipinski definition) is 4. The second kappa shape index (κ2) is 11.1. The molecule has 1 fully saturated rings. The lowest BCUT2D eigenvalue weighted by Crippen LogP contribution is -2.44. The molecule has 0 saturated carbocycles. The number of phenols is 1. The fraction of sp³-hybridized carbons (Fsp3) is 0.556. The predicted molar refractivity (Wildman–Crippen MR) is 129 cm³/mol. The molecule has 0 bridgehead atoms. The van der Waals surface area contributed by atoms with Crippen molar-refractivity contribution >= 4 is 0 Å². The second-order valence-electron chi connectivity index (χ2n) is 9.74. The van der Waals surface area contributed by atoms with Crippen LogP contribution in [-0.2, 0) is 15.9 Å². The number of aliphatic hydroxyl groups is 3. The normalized spacial score (nSPS) is 28.5. The Morgan fingerprint density at radius 2 is 1.91 bits per heavy atom. The minimum absolute atomic E-state index is 0.0217. The van der Waals surface area contributed by atoms with Crippen molar-refractivity contribution in [1.29, 1.82) is 0 Å². The van der Waals surface area contributed by atoms with Gasteiger partial charge in [0, 0.05) is 18.9 Å². The molecule has 35 heavy (non-hydrogen) atoms. The molecule has 1 unspecified atom stereocenters. The van der Waals surface area contributed by atoms with Crippen LogP contribution in [0.5, 0.6) is 17.2 Å². The minimum Gasteiger partial charge on any atom is -0.504 e. The smallest absolute Gasteiger partial charge is 0.183 e. The van der Waals surface area contributed by atoms with Gasteiger partial charge in [-0.25, -0.2) is 0 Å². The first-order valence-electron chi connectivity index (χ1n) is 12.2. The molecule has 2 aliphatic rings. The van der Waals surface area contributed by atoms with E-state index in [1.165, 1.54) is 7.11 Å². The van der Waals surface area contributed by atoms with E-state index in [2.05, 4.69) is 0 Å². The van der Waals surface area contributed by atoms with Crippen LogP contribution < -0.4 is 9.47 Å². The van der Waals surface area contributed by atoms with Crippen LogP contribution in [0.2, 0.25) is 0 Å². The summed E-state index contributed by atoms with van der Waals surface area (Å²) in [6.07, 6.45) is -1.61. The number of methoxy groups -OCH3 is 1. The standard InChI is InChI=1S/C27H36O8/c1-15(2)35-20-6-4-16-8-18(12-28)22(14-34-27-24(31)10-19(29)13-33-27)26(21(16)11-20)17-5-7-23(30)25(9-17)32-3/h4-7,9,11,15,18-19,22,24,26-31H,8,10,12-14H2,1-3H3/t18-,19+,22-,24-,26?,27+/m1/s1. The summed E-state index contributed by atoms with van der Waals surface area (Å²) in [4.78, 5) is 0. The van der Waals surface area contributed by atoms with Crippen LogP contribution in [0.4, 0.5) is 0 Å². The molecule has 1 saturated heterocycles. The summed E-state index contributed by atoms with van der Waals surface area (Å²) in [6, 6.07) is 11.3. The average Bonchev–Trinajstić information content (AvgIpc) is 2.83. The largest absolute Gasteiger partial charge is 0.504 e. The molecule has 2 aromatic rings. The SMILES string of the molecule is COc1cc(C2c3cc(OC(C)C)ccc3C[C@H](CO)[C@H]2CO[C@@H]2OC[C@@H](O)C[C@H]2O)ccc1O. The summed E-state index contributed by atoms with van der Waals surface area (Å²) in [7, 11) is 1.51. The molecule has 192 valence electrons. The van der Waals surface area contributed by atoms with Gasteiger partial charge >= 0.3 is 0 Å². The van der Waals surface area contributed by atoms with Crippen molar-refractivity contribution < 1.29 is 39.4 Å². The van der Waals surface area contributed by atoms with E-state index in [1.54, 1.807) is 6.07 Å². The van der Waals surface area contributed by atoms with Crippen molar-refractivity contribution in [1.82, 2.24) is 0 Å². The summed E-state index contributed by atoms with van der Waals surface area (Å²) in [5.74, 6) is 0.732. The van der Waals surface area contributed by atoms with Crippen molar-refractivity contribution in [2.75, 3.05) is 26.9 Å². The maximum Gasteiger partial charge on any atom is 0.183 e. The van der Waals surface area contributed by atoms with Gasteiger partial charge in [0.2, 0.25) is 0 Å². The fourth-order valence-corrected chi connectivity index (χ4v) is 5.22. The molecule has 1 aliphatic carbocycles. The fourth-order valence-electron chi connectivity index (χ4n) is 5.22. The lowest BCUT2D eigenvalue weighted by molar-refractivity contribution is -0.241. The number of phenolic OH excluding ortho intramolecular Hbond substituents is 1. The van der Waals surface area contributed by atoms with Crippen LogP contribution in [-0.4, -0.2) is 72.0 Å². The highest BCUT2D eigenvalue weighted by Crippen LogP contribution is 2.46. The first-order chi connectivity index (χ1) is 16.8. The number of hydrogen-bond acceptors (Lipinski definition) is 8. The Hall–Kier alpha value is -2.36. The molecule has 8 nitrogen and oxygen atoms in total. The van der Waals surface area contributed by atoms with E-state index in [0.29, 0.717) is 12.2 Å². The Balaban J connectivity index is 1.72. The minimum atomic E-state index is -0.930. The number of ether oxygens (including phenoxy) is 4. The summed E-state index contributed by atoms with van der Waals surface area (Å²) in [6.45, 7) is 4.26. The van der Waals surface area contributed by atoms with Gasteiger partial charge < -0.3 is 39.4 Å². The van der Waals surface area contributed by atoms with Crippen LogP contribution in [0.3, 0.4) is 0 Å². The van der Waals surface area contributed by atoms with Crippen molar-refractivity contribution in [2.24, 2.45) is 11.8 Å². The van der Waals surface area contributed by atoms with Gasteiger partial charge in [-0.2, -0.15) is 0 Å². The van der Waals surface area contributed by atoms with Crippen LogP contribution in [0, 0.1) is 11.8 Å². The Morgan fingerprint density at radius 3 is 2.60 bits per heavy atom. The molecule has 6 atom stereocenters. The molecule has 8 heteroatoms. The lowest BCUT2D eigenvalue weighted by Gasteiger charge is -2.41. The van der Waals surface area contributed by atoms with Gasteiger partial charge in [-0.3, -0.25) is 0 Å². The Labute approximate surface area is 206 Å². The Morgan fingerprint density at radius 1 is 1.11 bits per heavy atom. The molecule has 1 heterocycles. The van der Waals surface area contributed by atoms with Crippen LogP contribution >= 0.6 is 0 Å². The van der Waals surface area contributed by atoms with Crippen molar-refractivity contribution in [3.8, 4) is 17.2 Å². The van der Waals surface area contributed by atoms with E-state index >= 15 is 0 Å². The second-order valence-corrected chi connectivity index (χ2v) is 9.74. The van der Waals surface area contributed by atoms with E-state index in [9.17, 15) is 20.4 Å². The van der Waals surface area contributed by atoms with Crippen LogP contribution in [0.15, 0.2) is 36.4 Å². The monoisotopic (exact) mass is 488 g/mol. The average molecular weight is 489 g/mol. The lowest BCUT2D eigenvalue weighted by atomic mass is 9.67. The summed E-state index contributed by atoms with van der Waals surface area (Å²) in [5.41, 5.74) is 3.09. The van der Waals surface area contributed by atoms with E-state index in [-0.39, 0.29) is 55.8 Å². The van der Waals surface area contributed by atoms with Crippen LogP contribution in [0.25, 0.3) is 0 Å². The Kier molecular flexibility index (Phi) is 8.19. The maximum absolute atomic E-state index is 10.3. The molecular weight excluding hydrogens is 452 g/mol. The molecule has 0 amide bonds. The number of rotatable bonds is 8. The van der Waals surface area contributed by atoms with Gasteiger partial charge in [-0.05, 0) is 73.1 Å². The number of fused-ring (bicyclic) bond motifs is 1. The van der Waals surface area contributed by atoms with Gasteiger partial charge in [-0.15, -0.1) is 0 Å². The summed E-state index contributed by atoms with van der Waals surface area (Å²) >= 11 is 0. The van der Waals surface area contributed by atoms with E-state index < -0.39 is 18.5 Å². The molecule has 0 spiro atoms. The molecular formula is C27H36O8. The van der Waals surface area contributed by atoms with Gasteiger partial charge in [0.15, 0.2) is 17.8 Å². The number of aliphatic hydroxyl groups excluding tert-OH is 3. The topological polar surface area (TPSA) is 118 Å². The third kappa shape index (κ3) is 5.73. The number of benzene rings is 2. The highest BCUT2D eigenvalue weighted by atomic mass is 16.7. The third-order valence-corrected chi connectivity index (χ3v) is 6.87. The number of aromatic hydroxyl groups is 1. The van der Waals surface area contributed by atoms with Crippen LogP contribution in [0.1, 0.15) is 42.9 Å². The van der Waals surface area contributed by atoms with Crippen molar-refractivity contribution in [3.05, 3.63) is 53.1 Å². The Bertz CT molecular complexity index is 993. The zero-order valence-electron chi connectivity index (χ0n) is 20.5. The quantitative estimate of drug-likeness (QED) is 0.448. The molecule has 4 rings (SSSR count). The van der Waals surface area contributed by atoms with Gasteiger partial charge in [-0.1, -0.05) is 12.1 Å². The molecule has 4 N–H and O–H groups in total. The zero-order chi connectivity index (χ0) is 25.1. The van der Waals surface area contributed by atoms with E-state index in [0.717, 1.165) is 22.4 Å². The van der Waals surface area contributed by atoms with Crippen molar-refractivity contribution in [3.63, 3.8) is 0 Å². The van der Waals surface area contributed by atoms with Gasteiger partial charge in [0.25, 0.3) is 0 Å². The van der Waals surface area contributed by atoms with E-state index in [1.807, 2.05) is 44.2 Å². The third-order valence-electron chi connectivity index (χ3n) is 6.87. The first-order valence-corrected chi connectivity index (χ1v) is 12.2. The molecule has 0 radical (unpaired) electrons. The summed E-state index contributed by atoms with van der Waals surface area (Å²) in [5, 5.41) is 40.6. The summed E-state index contributed by atoms with van der Waals surface area (Å²) < 4.78 is 22.9. The maximum atomic E-state index is 10.3. The molecule has 0 aromatic heterocycles. The van der Waals surface area contributed by atoms with Gasteiger partial charge in [0.1, 0.15) is 11.9 Å². The van der Waals surface area contributed by atoms with Crippen molar-refractivity contribution in [2.45, 2.75) is 57.2 Å². The first kappa shape index (κ1) is 25.7. The molecule has 1 aliphatic heterocycles. The molecule has 2 aromatic carbocycles.